The maximum absolute atomic E-state index is 16.4. The number of allylic oxidation sites excluding steroid dienone is 3. The molecule has 88 heavy (non-hydrogen) atoms. The van der Waals surface area contributed by atoms with Crippen LogP contribution in [0.25, 0.3) is 0 Å². The third-order valence-corrected chi connectivity index (χ3v) is 27.1. The third kappa shape index (κ3) is 10.9. The van der Waals surface area contributed by atoms with E-state index in [9.17, 15) is 50.4 Å². The second kappa shape index (κ2) is 24.9. The number of guanidine groups is 1. The number of esters is 1. The molecule has 2 aromatic rings. The van der Waals surface area contributed by atoms with Crippen molar-refractivity contribution in [2.24, 2.45) is 116 Å². The first kappa shape index (κ1) is 63.7. The number of carbonyl (C=O) groups is 3. The van der Waals surface area contributed by atoms with Crippen molar-refractivity contribution >= 4 is 45.1 Å². The summed E-state index contributed by atoms with van der Waals surface area (Å²) in [6, 6.07) is 8.66. The van der Waals surface area contributed by atoms with Crippen LogP contribution < -0.4 is 16.8 Å². The number of phenolic OH excluding ortho intramolecular Hbond substituents is 1. The average Bonchev–Trinajstić information content (AvgIpc) is 1.34. The number of cyclic esters (lactones) is 1. The van der Waals surface area contributed by atoms with Gasteiger partial charge in [-0.2, -0.15) is 0 Å². The number of hydrogen-bond acceptors (Lipinski definition) is 17. The van der Waals surface area contributed by atoms with E-state index in [1.807, 2.05) is 19.2 Å². The van der Waals surface area contributed by atoms with Crippen molar-refractivity contribution in [3.63, 3.8) is 0 Å². The highest BCUT2D eigenvalue weighted by molar-refractivity contribution is 8.76. The number of nitrogens with one attached hydrogen (secondary N) is 2. The fourth-order valence-corrected chi connectivity index (χ4v) is 23.6. The lowest BCUT2D eigenvalue weighted by molar-refractivity contribution is -0.233. The van der Waals surface area contributed by atoms with Crippen LogP contribution in [0.5, 0.6) is 5.75 Å². The Morgan fingerprint density at radius 2 is 1.66 bits per heavy atom. The minimum Gasteiger partial charge on any atom is -0.508 e. The maximum Gasteiger partial charge on any atom is 0.313 e. The number of Topliss-reactive ketones (excluding diaryl/α,β-unsaturated/α-hetero) is 2. The van der Waals surface area contributed by atoms with Gasteiger partial charge in [-0.15, -0.1) is 0 Å². The number of rotatable bonds is 9. The van der Waals surface area contributed by atoms with Gasteiger partial charge in [0, 0.05) is 96.2 Å². The quantitative estimate of drug-likeness (QED) is 0.0284. The summed E-state index contributed by atoms with van der Waals surface area (Å²) in [4.78, 5) is 53.0. The van der Waals surface area contributed by atoms with E-state index in [0.29, 0.717) is 55.1 Å². The number of phenols is 1. The van der Waals surface area contributed by atoms with Gasteiger partial charge in [-0.05, 0) is 178 Å². The van der Waals surface area contributed by atoms with Gasteiger partial charge >= 0.3 is 5.97 Å². The molecule has 10 aliphatic rings. The Morgan fingerprint density at radius 3 is 2.39 bits per heavy atom. The highest BCUT2D eigenvalue weighted by atomic mass is 33.1. The van der Waals surface area contributed by atoms with Gasteiger partial charge in [-0.3, -0.25) is 19.4 Å². The molecular formula is C68H93N5O13S2. The number of nitrogens with two attached hydrogens (primary N) is 2. The van der Waals surface area contributed by atoms with Crippen LogP contribution in [0.1, 0.15) is 134 Å². The first-order valence-corrected chi connectivity index (χ1v) is 35.1. The summed E-state index contributed by atoms with van der Waals surface area (Å²) in [5.74, 6) is -1.29. The van der Waals surface area contributed by atoms with Crippen LogP contribution in [0.4, 0.5) is 0 Å². The van der Waals surface area contributed by atoms with Gasteiger partial charge in [-0.1, -0.05) is 71.1 Å². The van der Waals surface area contributed by atoms with E-state index < -0.39 is 118 Å². The van der Waals surface area contributed by atoms with Crippen LogP contribution in [0.15, 0.2) is 70.6 Å². The van der Waals surface area contributed by atoms with Gasteiger partial charge < -0.3 is 72.5 Å². The third-order valence-electron chi connectivity index (χ3n) is 24.5. The summed E-state index contributed by atoms with van der Waals surface area (Å²) in [6.07, 6.45) is 5.18. The van der Waals surface area contributed by atoms with Crippen molar-refractivity contribution in [2.45, 2.75) is 158 Å². The number of carbonyl (C=O) groups excluding carboxylic acids is 3. The highest BCUT2D eigenvalue weighted by Crippen LogP contribution is 2.78. The van der Waals surface area contributed by atoms with Gasteiger partial charge in [0.05, 0.1) is 54.3 Å². The molecule has 1 spiro atoms. The fourth-order valence-electron chi connectivity index (χ4n) is 20.9. The van der Waals surface area contributed by atoms with E-state index >= 15 is 9.90 Å². The van der Waals surface area contributed by atoms with Crippen LogP contribution in [0, 0.1) is 111 Å². The van der Waals surface area contributed by atoms with Crippen molar-refractivity contribution in [1.29, 1.82) is 0 Å². The summed E-state index contributed by atoms with van der Waals surface area (Å²) in [7, 11) is 3.03. The van der Waals surface area contributed by atoms with E-state index in [1.165, 1.54) is 27.2 Å². The predicted molar refractivity (Wildman–Crippen MR) is 334 cm³/mol. The summed E-state index contributed by atoms with van der Waals surface area (Å²) in [5.41, 5.74) is 9.13. The zero-order valence-electron chi connectivity index (χ0n) is 51.0. The van der Waals surface area contributed by atoms with Crippen molar-refractivity contribution in [3.05, 3.63) is 76.8 Å². The molecular weight excluding hydrogens is 1160 g/mol. The smallest absolute Gasteiger partial charge is 0.313 e. The topological polar surface area (TPSA) is 335 Å². The van der Waals surface area contributed by atoms with E-state index in [4.69, 9.17) is 16.2 Å². The van der Waals surface area contributed by atoms with Gasteiger partial charge in [0.2, 0.25) is 0 Å². The molecule has 0 amide bonds. The van der Waals surface area contributed by atoms with Crippen LogP contribution in [-0.4, -0.2) is 148 Å². The molecule has 18 nitrogen and oxygen atoms in total. The normalized spacial score (nSPS) is 44.4. The molecule has 24 atom stereocenters. The number of aliphatic hydroxyl groups is 8. The lowest BCUT2D eigenvalue weighted by atomic mass is 9.37. The molecule has 12 rings (SSSR count). The summed E-state index contributed by atoms with van der Waals surface area (Å²) < 4.78 is 6.00. The number of aromatic amines is 1. The van der Waals surface area contributed by atoms with Gasteiger partial charge in [0.1, 0.15) is 5.75 Å². The second-order valence-electron chi connectivity index (χ2n) is 29.1. The summed E-state index contributed by atoms with van der Waals surface area (Å²) in [5, 5.41) is 116. The van der Waals surface area contributed by atoms with Gasteiger partial charge in [-0.25, -0.2) is 0 Å². The van der Waals surface area contributed by atoms with Crippen molar-refractivity contribution in [2.75, 3.05) is 37.8 Å². The number of aliphatic hydroxyl groups excluding tert-OH is 5. The van der Waals surface area contributed by atoms with Crippen molar-refractivity contribution in [1.82, 2.24) is 10.3 Å². The minimum atomic E-state index is -2.14. The number of aromatic nitrogens is 1. The van der Waals surface area contributed by atoms with Crippen LogP contribution >= 0.6 is 21.6 Å². The van der Waals surface area contributed by atoms with Crippen molar-refractivity contribution in [3.8, 4) is 17.6 Å². The maximum atomic E-state index is 16.4. The average molecular weight is 1250 g/mol. The zero-order chi connectivity index (χ0) is 62.4. The molecule has 1 aromatic heterocycles. The Kier molecular flexibility index (Phi) is 18.0. The molecule has 1 aromatic carbocycles. The molecule has 4 bridgehead atoms. The molecule has 20 heteroatoms. The lowest BCUT2D eigenvalue weighted by Crippen LogP contribution is -2.71. The number of nitrogens with zero attached hydrogens (tertiary/aromatic N) is 1. The van der Waals surface area contributed by atoms with E-state index in [1.54, 1.807) is 37.4 Å². The molecule has 2 aliphatic heterocycles. The molecule has 15 N–H and O–H groups in total. The standard InChI is InChI=1S/C68H93N5O13S2/c1-34-6-7-37-13-17-45-47(46(37)21-34)23-38(50-31-86-63(83)54(50)40-18-19-71-28-40)9-8-36(5-4-20-74)49-26-68(85)57-55(39-10-14-42(29-73-64(69)70)67(68,25-39)61(49)66(3,84)53(78)24-48(45)62(81)82)65(2)27-52(77)59(79)51-33-88-87-32-41(35-11-15-43(75)16-12-35)22-44(76)30-72-58(57)60(80)56(51)65/h11-13,15-16,18-19,28,34,36,38-39,41-42,45-56,59,61-62,71-72,74-75,77-79,81-82,84-85H,4-7,10,14,17,20-27,29-33H2,1-3H3,(H4,69,70,73). The Hall–Kier alpha value is -4.40. The van der Waals surface area contributed by atoms with E-state index in [-0.39, 0.29) is 123 Å². The second-order valence-corrected chi connectivity index (χ2v) is 31.7. The highest BCUT2D eigenvalue weighted by Gasteiger charge is 2.79. The Bertz CT molecular complexity index is 3090. The Morgan fingerprint density at radius 1 is 0.886 bits per heavy atom. The number of benzene rings is 1. The molecule has 8 aliphatic carbocycles. The minimum absolute atomic E-state index is 0.00182. The van der Waals surface area contributed by atoms with Crippen molar-refractivity contribution < 1.29 is 65.1 Å². The van der Waals surface area contributed by atoms with Gasteiger partial charge in [0.15, 0.2) is 23.8 Å². The van der Waals surface area contributed by atoms with Crippen LogP contribution in [0.3, 0.4) is 0 Å². The van der Waals surface area contributed by atoms with Gasteiger partial charge in [0.25, 0.3) is 0 Å². The molecule has 480 valence electrons. The molecule has 3 heterocycles. The molecule has 24 unspecified atom stereocenters. The first-order valence-electron chi connectivity index (χ1n) is 32.6. The molecule has 0 radical (unpaired) electrons. The SMILES string of the molecule is CC1CCC2=CCC3C(C(O)O)CC(O)C(C)(O)C4C(CC5(O)C6=C7NCC(=O)CC(c8ccc(O)cc8)CSSCC8C(O)C(O)CC(C)(C6C6CCC(CN=C(N)N)C45C6)C8C7=O)C(CCCO)C#CC(C4COC(=O)C4c4cc[nH]c4)CC3C2C1. The molecule has 7 fully saturated rings. The number of aliphatic imine (C=N–C) groups is 1. The van der Waals surface area contributed by atoms with E-state index in [0.717, 1.165) is 30.4 Å². The number of H-pyrrole nitrogens is 1. The van der Waals surface area contributed by atoms with Crippen LogP contribution in [-0.2, 0) is 19.1 Å². The monoisotopic (exact) mass is 1250 g/mol. The largest absolute Gasteiger partial charge is 0.508 e. The molecule has 2 saturated heterocycles. The fraction of sp³-hybridized carbons (Fsp3) is 0.706. The number of fused-ring (bicyclic) bond motifs is 10. The number of ether oxygens (including phenoxy) is 1. The predicted octanol–water partition coefficient (Wildman–Crippen LogP) is 5.42. The number of ketones is 2. The zero-order valence-corrected chi connectivity index (χ0v) is 52.6. The first-order chi connectivity index (χ1) is 42.0. The summed E-state index contributed by atoms with van der Waals surface area (Å²) >= 11 is 0. The Balaban J connectivity index is 1.08. The van der Waals surface area contributed by atoms with E-state index in [2.05, 4.69) is 40.1 Å². The number of aromatic hydroxyl groups is 1. The summed E-state index contributed by atoms with van der Waals surface area (Å²) in [6.45, 7) is 5.48. The lowest BCUT2D eigenvalue weighted by Gasteiger charge is -2.68. The Labute approximate surface area is 524 Å². The molecule has 5 saturated carbocycles. The number of hydrogen-bond donors (Lipinski definition) is 13. The van der Waals surface area contributed by atoms with Crippen LogP contribution in [0.2, 0.25) is 0 Å².